The van der Waals surface area contributed by atoms with Crippen molar-refractivity contribution >= 4 is 29.1 Å². The Morgan fingerprint density at radius 3 is 2.44 bits per heavy atom. The van der Waals surface area contributed by atoms with E-state index in [1.807, 2.05) is 11.0 Å². The number of pyridine rings is 1. The number of aromatic amines is 1. The summed E-state index contributed by atoms with van der Waals surface area (Å²) >= 11 is 12.3. The van der Waals surface area contributed by atoms with E-state index in [0.717, 1.165) is 17.7 Å². The molecule has 1 N–H and O–H groups in total. The van der Waals surface area contributed by atoms with Crippen molar-refractivity contribution in [2.24, 2.45) is 0 Å². The zero-order chi connectivity index (χ0) is 26.2. The van der Waals surface area contributed by atoms with Gasteiger partial charge in [0.15, 0.2) is 0 Å². The fourth-order valence-electron chi connectivity index (χ4n) is 4.49. The maximum absolute atomic E-state index is 14.1. The van der Waals surface area contributed by atoms with Crippen LogP contribution in [0.4, 0.5) is 17.6 Å². The Morgan fingerprint density at radius 1 is 1.08 bits per heavy atom. The summed E-state index contributed by atoms with van der Waals surface area (Å²) in [6, 6.07) is 10.5. The van der Waals surface area contributed by atoms with Crippen molar-refractivity contribution < 1.29 is 22.4 Å². The van der Waals surface area contributed by atoms with E-state index >= 15 is 0 Å². The predicted molar refractivity (Wildman–Crippen MR) is 129 cm³/mol. The van der Waals surface area contributed by atoms with E-state index in [1.54, 1.807) is 24.1 Å². The van der Waals surface area contributed by atoms with E-state index in [-0.39, 0.29) is 30.0 Å². The first-order valence-corrected chi connectivity index (χ1v) is 11.7. The van der Waals surface area contributed by atoms with Gasteiger partial charge in [-0.1, -0.05) is 35.3 Å². The molecule has 0 spiro atoms. The van der Waals surface area contributed by atoms with Crippen LogP contribution in [0.1, 0.15) is 33.0 Å². The van der Waals surface area contributed by atoms with Gasteiger partial charge in [-0.05, 0) is 48.5 Å². The minimum Gasteiger partial charge on any atom is -0.336 e. The third kappa shape index (κ3) is 5.58. The van der Waals surface area contributed by atoms with Crippen molar-refractivity contribution in [1.82, 2.24) is 14.8 Å². The predicted octanol–water partition coefficient (Wildman–Crippen LogP) is 5.58. The van der Waals surface area contributed by atoms with Crippen molar-refractivity contribution in [2.45, 2.75) is 24.7 Å². The number of benzene rings is 2. The number of hydrogen-bond donors (Lipinski definition) is 1. The first kappa shape index (κ1) is 26.2. The summed E-state index contributed by atoms with van der Waals surface area (Å²) in [5.41, 5.74) is -0.141. The molecule has 1 fully saturated rings. The van der Waals surface area contributed by atoms with E-state index in [0.29, 0.717) is 34.3 Å². The Hall–Kier alpha value is -2.88. The smallest absolute Gasteiger partial charge is 0.336 e. The Morgan fingerprint density at radius 2 is 1.83 bits per heavy atom. The van der Waals surface area contributed by atoms with Crippen LogP contribution in [0.25, 0.3) is 0 Å². The van der Waals surface area contributed by atoms with E-state index in [2.05, 4.69) is 4.98 Å². The van der Waals surface area contributed by atoms with Gasteiger partial charge in [0.2, 0.25) is 5.56 Å². The minimum absolute atomic E-state index is 0.151. The van der Waals surface area contributed by atoms with Gasteiger partial charge in [0, 0.05) is 43.9 Å². The molecule has 5 nitrogen and oxygen atoms in total. The Balaban J connectivity index is 1.61. The van der Waals surface area contributed by atoms with Crippen LogP contribution in [0, 0.1) is 5.82 Å². The van der Waals surface area contributed by atoms with Crippen LogP contribution in [-0.4, -0.2) is 46.9 Å². The van der Waals surface area contributed by atoms with Gasteiger partial charge in [0.1, 0.15) is 5.82 Å². The number of carbonyl (C=O) groups excluding carboxylic acids is 1. The van der Waals surface area contributed by atoms with Gasteiger partial charge < -0.3 is 9.88 Å². The quantitative estimate of drug-likeness (QED) is 0.429. The number of amides is 1. The highest BCUT2D eigenvalue weighted by Crippen LogP contribution is 2.36. The highest BCUT2D eigenvalue weighted by atomic mass is 35.5. The van der Waals surface area contributed by atoms with E-state index in [9.17, 15) is 27.2 Å². The standard InChI is InChI=1S/C25H21Cl2F4N3O2/c1-33(11-14-2-5-18(21(28)8-14)25(29,30)31)22-13-34(24(36)16-4-7-23(35)32-10-16)12-17(22)15-3-6-19(26)20(27)9-15/h2-10,17,22H,11-13H2,1H3,(H,32,35)/t17-,22-/m1/s1. The number of hydrogen-bond acceptors (Lipinski definition) is 3. The first-order chi connectivity index (χ1) is 16.9. The lowest BCUT2D eigenvalue weighted by molar-refractivity contribution is -0.140. The molecule has 11 heteroatoms. The molecule has 0 radical (unpaired) electrons. The molecule has 2 heterocycles. The fraction of sp³-hybridized carbons (Fsp3) is 0.280. The van der Waals surface area contributed by atoms with Gasteiger partial charge in [-0.2, -0.15) is 13.2 Å². The lowest BCUT2D eigenvalue weighted by Gasteiger charge is -2.29. The Labute approximate surface area is 214 Å². The molecule has 1 amide bonds. The van der Waals surface area contributed by atoms with Crippen LogP contribution in [-0.2, 0) is 12.7 Å². The highest BCUT2D eigenvalue weighted by Gasteiger charge is 2.39. The molecule has 1 aromatic heterocycles. The van der Waals surface area contributed by atoms with Crippen LogP contribution < -0.4 is 5.56 Å². The molecule has 0 saturated carbocycles. The molecule has 2 atom stereocenters. The van der Waals surface area contributed by atoms with Gasteiger partial charge in [-0.25, -0.2) is 4.39 Å². The van der Waals surface area contributed by atoms with Gasteiger partial charge in [-0.3, -0.25) is 14.5 Å². The van der Waals surface area contributed by atoms with E-state index in [1.165, 1.54) is 24.4 Å². The SMILES string of the molecule is CN(Cc1ccc(C(F)(F)F)c(F)c1)[C@@H]1CN(C(=O)c2ccc(=O)[nH]c2)C[C@@H]1c1ccc(Cl)c(Cl)c1. The average molecular weight is 542 g/mol. The van der Waals surface area contributed by atoms with Gasteiger partial charge in [0.05, 0.1) is 21.2 Å². The maximum Gasteiger partial charge on any atom is 0.419 e. The van der Waals surface area contributed by atoms with Crippen molar-refractivity contribution in [2.75, 3.05) is 20.1 Å². The van der Waals surface area contributed by atoms with Crippen molar-refractivity contribution in [1.29, 1.82) is 0 Å². The first-order valence-electron chi connectivity index (χ1n) is 10.9. The fourth-order valence-corrected chi connectivity index (χ4v) is 4.79. The molecule has 4 rings (SSSR count). The number of aromatic nitrogens is 1. The average Bonchev–Trinajstić information content (AvgIpc) is 3.26. The van der Waals surface area contributed by atoms with E-state index in [4.69, 9.17) is 23.2 Å². The van der Waals surface area contributed by atoms with Gasteiger partial charge >= 0.3 is 6.18 Å². The number of likely N-dealkylation sites (tertiary alicyclic amines) is 1. The number of nitrogens with one attached hydrogen (secondary N) is 1. The molecule has 190 valence electrons. The number of likely N-dealkylation sites (N-methyl/N-ethyl adjacent to an activating group) is 1. The molecule has 1 aliphatic rings. The molecule has 1 saturated heterocycles. The monoisotopic (exact) mass is 541 g/mol. The molecule has 0 aliphatic carbocycles. The number of nitrogens with zero attached hydrogens (tertiary/aromatic N) is 2. The van der Waals surface area contributed by atoms with Crippen LogP contribution in [0.3, 0.4) is 0 Å². The summed E-state index contributed by atoms with van der Waals surface area (Å²) in [5.74, 6) is -1.83. The molecular weight excluding hydrogens is 521 g/mol. The highest BCUT2D eigenvalue weighted by molar-refractivity contribution is 6.42. The van der Waals surface area contributed by atoms with Crippen molar-refractivity contribution in [3.05, 3.63) is 103 Å². The summed E-state index contributed by atoms with van der Waals surface area (Å²) in [7, 11) is 1.76. The second-order valence-electron chi connectivity index (χ2n) is 8.73. The summed E-state index contributed by atoms with van der Waals surface area (Å²) in [5, 5.41) is 0.732. The number of H-pyrrole nitrogens is 1. The molecule has 3 aromatic rings. The molecule has 2 aromatic carbocycles. The Kier molecular flexibility index (Phi) is 7.45. The minimum atomic E-state index is -4.78. The molecule has 1 aliphatic heterocycles. The third-order valence-corrected chi connectivity index (χ3v) is 7.06. The second kappa shape index (κ2) is 10.2. The topological polar surface area (TPSA) is 56.4 Å². The zero-order valence-corrected chi connectivity index (χ0v) is 20.5. The molecule has 0 unspecified atom stereocenters. The van der Waals surface area contributed by atoms with Crippen molar-refractivity contribution in [3.8, 4) is 0 Å². The number of alkyl halides is 3. The second-order valence-corrected chi connectivity index (χ2v) is 9.54. The summed E-state index contributed by atoms with van der Waals surface area (Å²) in [6.45, 7) is 0.771. The number of rotatable bonds is 5. The van der Waals surface area contributed by atoms with Crippen LogP contribution >= 0.6 is 23.2 Å². The molecular formula is C25H21Cl2F4N3O2. The van der Waals surface area contributed by atoms with Gasteiger partial charge in [0.25, 0.3) is 5.91 Å². The van der Waals surface area contributed by atoms with Crippen LogP contribution in [0.5, 0.6) is 0 Å². The number of carbonyl (C=O) groups is 1. The summed E-state index contributed by atoms with van der Waals surface area (Å²) in [6.07, 6.45) is -3.43. The number of halogens is 6. The molecule has 36 heavy (non-hydrogen) atoms. The largest absolute Gasteiger partial charge is 0.419 e. The zero-order valence-electron chi connectivity index (χ0n) is 19.0. The maximum atomic E-state index is 14.1. The Bertz CT molecular complexity index is 1330. The summed E-state index contributed by atoms with van der Waals surface area (Å²) < 4.78 is 53.0. The van der Waals surface area contributed by atoms with Crippen molar-refractivity contribution in [3.63, 3.8) is 0 Å². The lowest BCUT2D eigenvalue weighted by Crippen LogP contribution is -2.38. The lowest BCUT2D eigenvalue weighted by atomic mass is 9.93. The molecule has 0 bridgehead atoms. The normalized spacial score (nSPS) is 18.2. The van der Waals surface area contributed by atoms with Crippen LogP contribution in [0.2, 0.25) is 10.0 Å². The third-order valence-electron chi connectivity index (χ3n) is 6.32. The van der Waals surface area contributed by atoms with Gasteiger partial charge in [-0.15, -0.1) is 0 Å². The van der Waals surface area contributed by atoms with Crippen LogP contribution in [0.15, 0.2) is 59.5 Å². The van der Waals surface area contributed by atoms with E-state index < -0.39 is 17.6 Å². The summed E-state index contributed by atoms with van der Waals surface area (Å²) in [4.78, 5) is 30.5.